The minimum atomic E-state index is -0.608. The number of amides is 3. The molecule has 2 aromatic rings. The van der Waals surface area contributed by atoms with E-state index < -0.39 is 6.04 Å². The number of carbonyl (C=O) groups is 3. The fraction of sp³-hybridized carbons (Fsp3) is 0.483. The Morgan fingerprint density at radius 3 is 2.62 bits per heavy atom. The molecule has 8 nitrogen and oxygen atoms in total. The molecular weight excluding hydrogens is 468 g/mol. The number of likely N-dealkylation sites (tertiary alicyclic amines) is 1. The van der Waals surface area contributed by atoms with Crippen LogP contribution in [0.15, 0.2) is 48.5 Å². The highest BCUT2D eigenvalue weighted by Gasteiger charge is 2.39. The van der Waals surface area contributed by atoms with Gasteiger partial charge < -0.3 is 15.0 Å². The van der Waals surface area contributed by atoms with Crippen molar-refractivity contribution in [2.75, 3.05) is 19.6 Å². The highest BCUT2D eigenvalue weighted by Crippen LogP contribution is 2.32. The molecule has 2 aromatic carbocycles. The highest BCUT2D eigenvalue weighted by atomic mass is 16.5. The zero-order chi connectivity index (χ0) is 25.4. The molecular formula is C29H34N4O4. The molecule has 8 heteroatoms. The van der Waals surface area contributed by atoms with E-state index >= 15 is 0 Å². The van der Waals surface area contributed by atoms with Gasteiger partial charge in [0.25, 0.3) is 5.91 Å². The van der Waals surface area contributed by atoms with Gasteiger partial charge in [0.05, 0.1) is 0 Å². The molecule has 1 aliphatic carbocycles. The van der Waals surface area contributed by atoms with Crippen molar-refractivity contribution in [1.82, 2.24) is 20.4 Å². The Morgan fingerprint density at radius 2 is 1.84 bits per heavy atom. The molecule has 3 aliphatic heterocycles. The number of hydrogen-bond acceptors (Lipinski definition) is 6. The van der Waals surface area contributed by atoms with E-state index in [1.54, 1.807) is 4.90 Å². The van der Waals surface area contributed by atoms with Crippen LogP contribution >= 0.6 is 0 Å². The van der Waals surface area contributed by atoms with Gasteiger partial charge >= 0.3 is 0 Å². The van der Waals surface area contributed by atoms with Crippen molar-refractivity contribution in [3.05, 3.63) is 65.2 Å². The van der Waals surface area contributed by atoms with Crippen LogP contribution in [0.4, 0.5) is 0 Å². The molecule has 1 unspecified atom stereocenters. The Kier molecular flexibility index (Phi) is 6.69. The van der Waals surface area contributed by atoms with Gasteiger partial charge in [0.2, 0.25) is 11.8 Å². The largest absolute Gasteiger partial charge is 0.487 e. The van der Waals surface area contributed by atoms with E-state index in [0.717, 1.165) is 49.8 Å². The number of imide groups is 1. The Labute approximate surface area is 217 Å². The molecule has 6 rings (SSSR count). The summed E-state index contributed by atoms with van der Waals surface area (Å²) in [6.45, 7) is 4.15. The molecule has 2 saturated heterocycles. The number of rotatable bonds is 8. The van der Waals surface area contributed by atoms with Gasteiger partial charge in [-0.3, -0.25) is 24.6 Å². The second-order valence-electron chi connectivity index (χ2n) is 10.8. The number of hydrogen-bond donors (Lipinski definition) is 2. The second kappa shape index (κ2) is 10.3. The van der Waals surface area contributed by atoms with Gasteiger partial charge in [-0.25, -0.2) is 0 Å². The molecule has 3 amide bonds. The van der Waals surface area contributed by atoms with E-state index in [0.29, 0.717) is 18.5 Å². The summed E-state index contributed by atoms with van der Waals surface area (Å²) in [5.41, 5.74) is 2.77. The number of ether oxygens (including phenoxy) is 1. The third-order valence-corrected chi connectivity index (χ3v) is 8.04. The molecule has 3 heterocycles. The van der Waals surface area contributed by atoms with Crippen molar-refractivity contribution in [1.29, 1.82) is 0 Å². The fourth-order valence-electron chi connectivity index (χ4n) is 5.76. The van der Waals surface area contributed by atoms with E-state index in [9.17, 15) is 14.4 Å². The smallest absolute Gasteiger partial charge is 0.255 e. The summed E-state index contributed by atoms with van der Waals surface area (Å²) >= 11 is 0. The first-order valence-corrected chi connectivity index (χ1v) is 13.5. The third-order valence-electron chi connectivity index (χ3n) is 8.04. The summed E-state index contributed by atoms with van der Waals surface area (Å²) in [5, 5.41) is 6.13. The van der Waals surface area contributed by atoms with Gasteiger partial charge in [-0.1, -0.05) is 30.3 Å². The third kappa shape index (κ3) is 5.40. The summed E-state index contributed by atoms with van der Waals surface area (Å²) < 4.78 is 6.61. The number of nitrogens with one attached hydrogen (secondary N) is 2. The average molecular weight is 503 g/mol. The van der Waals surface area contributed by atoms with Crippen LogP contribution in [0.2, 0.25) is 0 Å². The van der Waals surface area contributed by atoms with Gasteiger partial charge in [0.1, 0.15) is 17.9 Å². The number of nitrogens with zero attached hydrogens (tertiary/aromatic N) is 2. The Hall–Kier alpha value is -3.23. The average Bonchev–Trinajstić information content (AvgIpc) is 3.67. The van der Waals surface area contributed by atoms with Gasteiger partial charge in [-0.15, -0.1) is 0 Å². The van der Waals surface area contributed by atoms with Crippen LogP contribution in [-0.4, -0.2) is 65.3 Å². The lowest BCUT2D eigenvalue weighted by atomic mass is 10.00. The maximum absolute atomic E-state index is 13.1. The Morgan fingerprint density at radius 1 is 1.00 bits per heavy atom. The molecule has 194 valence electrons. The molecule has 3 fully saturated rings. The normalized spacial score (nSPS) is 26.2. The molecule has 0 spiro atoms. The van der Waals surface area contributed by atoms with Crippen molar-refractivity contribution in [3.63, 3.8) is 0 Å². The number of benzene rings is 2. The first-order valence-electron chi connectivity index (χ1n) is 13.5. The molecule has 0 aromatic heterocycles. The molecule has 4 aliphatic rings. The molecule has 3 atom stereocenters. The number of carbonyl (C=O) groups excluding carboxylic acids is 3. The topological polar surface area (TPSA) is 91.0 Å². The van der Waals surface area contributed by atoms with Crippen LogP contribution in [0.1, 0.15) is 53.6 Å². The van der Waals surface area contributed by atoms with Gasteiger partial charge in [0, 0.05) is 44.2 Å². The van der Waals surface area contributed by atoms with E-state index in [-0.39, 0.29) is 36.3 Å². The van der Waals surface area contributed by atoms with Crippen molar-refractivity contribution >= 4 is 17.7 Å². The van der Waals surface area contributed by atoms with Crippen molar-refractivity contribution in [3.8, 4) is 5.75 Å². The first kappa shape index (κ1) is 24.1. The van der Waals surface area contributed by atoms with E-state index in [1.165, 1.54) is 18.4 Å². The first-order chi connectivity index (χ1) is 18.0. The number of piperidine rings is 2. The maximum Gasteiger partial charge on any atom is 0.255 e. The summed E-state index contributed by atoms with van der Waals surface area (Å²) in [5.74, 6) is 0.722. The molecule has 0 radical (unpaired) electrons. The van der Waals surface area contributed by atoms with E-state index in [2.05, 4.69) is 39.8 Å². The Bertz CT molecular complexity index is 1180. The molecule has 37 heavy (non-hydrogen) atoms. The van der Waals surface area contributed by atoms with E-state index in [1.807, 2.05) is 24.3 Å². The summed E-state index contributed by atoms with van der Waals surface area (Å²) in [4.78, 5) is 41.0. The lowest BCUT2D eigenvalue weighted by Crippen LogP contribution is -2.55. The lowest BCUT2D eigenvalue weighted by molar-refractivity contribution is -0.136. The van der Waals surface area contributed by atoms with Crippen LogP contribution in [-0.2, 0) is 22.7 Å². The molecule has 2 N–H and O–H groups in total. The predicted octanol–water partition coefficient (Wildman–Crippen LogP) is 2.47. The van der Waals surface area contributed by atoms with Crippen LogP contribution in [0, 0.1) is 5.92 Å². The van der Waals surface area contributed by atoms with Crippen LogP contribution in [0.25, 0.3) is 0 Å². The maximum atomic E-state index is 13.1. The van der Waals surface area contributed by atoms with Crippen LogP contribution in [0.3, 0.4) is 0 Å². The van der Waals surface area contributed by atoms with Gasteiger partial charge in [-0.05, 0) is 67.5 Å². The molecule has 1 saturated carbocycles. The van der Waals surface area contributed by atoms with Crippen molar-refractivity contribution in [2.24, 2.45) is 5.92 Å². The predicted molar refractivity (Wildman–Crippen MR) is 138 cm³/mol. The quantitative estimate of drug-likeness (QED) is 0.539. The monoisotopic (exact) mass is 502 g/mol. The van der Waals surface area contributed by atoms with Gasteiger partial charge in [0.15, 0.2) is 0 Å². The minimum absolute atomic E-state index is 0.00222. The van der Waals surface area contributed by atoms with Crippen molar-refractivity contribution in [2.45, 2.75) is 63.4 Å². The zero-order valence-electron chi connectivity index (χ0n) is 21.0. The van der Waals surface area contributed by atoms with E-state index in [4.69, 9.17) is 4.74 Å². The Balaban J connectivity index is 1.15. The van der Waals surface area contributed by atoms with Crippen molar-refractivity contribution < 1.29 is 19.1 Å². The number of fused-ring (bicyclic) bond motifs is 1. The standard InChI is InChI=1S/C29H34N4O4/c34-27-11-10-25(28(35)31-27)33-17-21-14-22(8-9-23(21)29(33)36)37-26-18-32(16-20-4-2-1-3-5-20)13-12-24(26)30-15-19-6-7-19/h1-5,8-9,14,19,24-26,30H,6-7,10-13,15-18H2,(H,31,34,35)/t24-,25?,26-/m1/s1. The minimum Gasteiger partial charge on any atom is -0.487 e. The summed E-state index contributed by atoms with van der Waals surface area (Å²) in [6, 6.07) is 15.9. The van der Waals surface area contributed by atoms with Crippen LogP contribution < -0.4 is 15.4 Å². The second-order valence-corrected chi connectivity index (χ2v) is 10.8. The summed E-state index contributed by atoms with van der Waals surface area (Å²) in [6.07, 6.45) is 4.26. The summed E-state index contributed by atoms with van der Waals surface area (Å²) in [7, 11) is 0. The lowest BCUT2D eigenvalue weighted by Gasteiger charge is -2.39. The molecule has 0 bridgehead atoms. The SMILES string of the molecule is O=C1CCC(N2Cc3cc(O[C@@H]4CN(Cc5ccccc5)CC[C@H]4NCC4CC4)ccc3C2=O)C(=O)N1. The fourth-order valence-corrected chi connectivity index (χ4v) is 5.76. The van der Waals surface area contributed by atoms with Crippen LogP contribution in [0.5, 0.6) is 5.75 Å². The zero-order valence-corrected chi connectivity index (χ0v) is 21.0. The van der Waals surface area contributed by atoms with Gasteiger partial charge in [-0.2, -0.15) is 0 Å². The highest BCUT2D eigenvalue weighted by molar-refractivity contribution is 6.05.